The molecular weight excluding hydrogens is 244 g/mol. The Kier molecular flexibility index (Phi) is 3.87. The lowest BCUT2D eigenvalue weighted by Crippen LogP contribution is -1.91. The number of rotatable bonds is 4. The number of phenols is 1. The van der Waals surface area contributed by atoms with Crippen molar-refractivity contribution in [2.45, 2.75) is 6.54 Å². The highest BCUT2D eigenvalue weighted by Gasteiger charge is 2.12. The minimum atomic E-state index is -0.621. The van der Waals surface area contributed by atoms with Crippen LogP contribution in [0, 0.1) is 10.1 Å². The van der Waals surface area contributed by atoms with E-state index < -0.39 is 4.92 Å². The maximum atomic E-state index is 10.7. The summed E-state index contributed by atoms with van der Waals surface area (Å²) in [4.78, 5) is 14.3. The van der Waals surface area contributed by atoms with E-state index in [2.05, 4.69) is 4.99 Å². The van der Waals surface area contributed by atoms with Crippen LogP contribution < -0.4 is 0 Å². The molecule has 0 fully saturated rings. The van der Waals surface area contributed by atoms with Crippen molar-refractivity contribution in [1.82, 2.24) is 0 Å². The van der Waals surface area contributed by atoms with Gasteiger partial charge in [0.2, 0.25) is 0 Å². The molecule has 0 saturated heterocycles. The fourth-order valence-corrected chi connectivity index (χ4v) is 1.61. The Bertz CT molecular complexity index is 609. The third-order valence-electron chi connectivity index (χ3n) is 2.55. The SMILES string of the molecule is O=[N+]([O-])c1cc(C=NCc2ccccc2)ccc1O. The summed E-state index contributed by atoms with van der Waals surface area (Å²) in [6.45, 7) is 0.509. The largest absolute Gasteiger partial charge is 0.502 e. The zero-order valence-electron chi connectivity index (χ0n) is 10.1. The molecule has 96 valence electrons. The Morgan fingerprint density at radius 1 is 1.21 bits per heavy atom. The fourth-order valence-electron chi connectivity index (χ4n) is 1.61. The van der Waals surface area contributed by atoms with Crippen molar-refractivity contribution in [3.63, 3.8) is 0 Å². The molecule has 0 saturated carbocycles. The van der Waals surface area contributed by atoms with Gasteiger partial charge in [-0.25, -0.2) is 0 Å². The van der Waals surface area contributed by atoms with E-state index in [1.807, 2.05) is 30.3 Å². The van der Waals surface area contributed by atoms with Crippen molar-refractivity contribution in [2.24, 2.45) is 4.99 Å². The van der Waals surface area contributed by atoms with Gasteiger partial charge >= 0.3 is 5.69 Å². The molecule has 0 bridgehead atoms. The van der Waals surface area contributed by atoms with Gasteiger partial charge in [0.1, 0.15) is 0 Å². The lowest BCUT2D eigenvalue weighted by Gasteiger charge is -1.98. The lowest BCUT2D eigenvalue weighted by atomic mass is 10.2. The third kappa shape index (κ3) is 3.38. The van der Waals surface area contributed by atoms with Gasteiger partial charge in [-0.2, -0.15) is 0 Å². The summed E-state index contributed by atoms with van der Waals surface area (Å²) >= 11 is 0. The second-order valence-electron chi connectivity index (χ2n) is 3.96. The van der Waals surface area contributed by atoms with E-state index in [0.717, 1.165) is 5.56 Å². The molecule has 2 aromatic carbocycles. The molecule has 0 radical (unpaired) electrons. The monoisotopic (exact) mass is 256 g/mol. The Labute approximate surface area is 110 Å². The number of benzene rings is 2. The number of nitro benzene ring substituents is 1. The summed E-state index contributed by atoms with van der Waals surface area (Å²) in [5, 5.41) is 20.0. The molecule has 5 heteroatoms. The predicted molar refractivity (Wildman–Crippen MR) is 72.5 cm³/mol. The van der Waals surface area contributed by atoms with Crippen LogP contribution in [0.4, 0.5) is 5.69 Å². The van der Waals surface area contributed by atoms with E-state index in [9.17, 15) is 15.2 Å². The van der Waals surface area contributed by atoms with Crippen LogP contribution in [0.2, 0.25) is 0 Å². The summed E-state index contributed by atoms with van der Waals surface area (Å²) in [5.41, 5.74) is 1.33. The van der Waals surface area contributed by atoms with E-state index in [1.54, 1.807) is 12.3 Å². The quantitative estimate of drug-likeness (QED) is 0.519. The number of phenolic OH excluding ortho intramolecular Hbond substituents is 1. The second kappa shape index (κ2) is 5.77. The molecule has 2 rings (SSSR count). The summed E-state index contributed by atoms with van der Waals surface area (Å²) in [6, 6.07) is 13.9. The van der Waals surface area contributed by atoms with E-state index in [0.29, 0.717) is 12.1 Å². The Hall–Kier alpha value is -2.69. The van der Waals surface area contributed by atoms with Gasteiger partial charge in [0.25, 0.3) is 0 Å². The number of hydrogen-bond donors (Lipinski definition) is 1. The normalized spacial score (nSPS) is 10.7. The molecule has 0 aliphatic rings. The van der Waals surface area contributed by atoms with Crippen molar-refractivity contribution < 1.29 is 10.0 Å². The van der Waals surface area contributed by atoms with E-state index in [4.69, 9.17) is 0 Å². The minimum Gasteiger partial charge on any atom is -0.502 e. The number of nitrogens with zero attached hydrogens (tertiary/aromatic N) is 2. The molecule has 0 heterocycles. The Morgan fingerprint density at radius 3 is 2.63 bits per heavy atom. The van der Waals surface area contributed by atoms with Gasteiger partial charge < -0.3 is 5.11 Å². The lowest BCUT2D eigenvalue weighted by molar-refractivity contribution is -0.385. The van der Waals surface area contributed by atoms with Gasteiger partial charge in [0, 0.05) is 12.3 Å². The number of aliphatic imine (C=N–C) groups is 1. The van der Waals surface area contributed by atoms with Crippen LogP contribution in [0.15, 0.2) is 53.5 Å². The zero-order chi connectivity index (χ0) is 13.7. The maximum Gasteiger partial charge on any atom is 0.311 e. The molecule has 0 aromatic heterocycles. The molecule has 0 amide bonds. The van der Waals surface area contributed by atoms with E-state index >= 15 is 0 Å². The highest BCUT2D eigenvalue weighted by atomic mass is 16.6. The first-order valence-electron chi connectivity index (χ1n) is 5.68. The molecule has 2 aromatic rings. The maximum absolute atomic E-state index is 10.7. The molecule has 5 nitrogen and oxygen atoms in total. The molecule has 0 unspecified atom stereocenters. The minimum absolute atomic E-state index is 0.316. The van der Waals surface area contributed by atoms with Crippen LogP contribution in [-0.4, -0.2) is 16.2 Å². The smallest absolute Gasteiger partial charge is 0.311 e. The number of hydrogen-bond acceptors (Lipinski definition) is 4. The van der Waals surface area contributed by atoms with Gasteiger partial charge in [0.05, 0.1) is 11.5 Å². The van der Waals surface area contributed by atoms with Crippen molar-refractivity contribution in [3.8, 4) is 5.75 Å². The van der Waals surface area contributed by atoms with E-state index in [1.165, 1.54) is 12.1 Å². The average Bonchev–Trinajstić information content (AvgIpc) is 2.41. The highest BCUT2D eigenvalue weighted by molar-refractivity contribution is 5.81. The van der Waals surface area contributed by atoms with Crippen LogP contribution in [-0.2, 0) is 6.54 Å². The first-order valence-corrected chi connectivity index (χ1v) is 5.68. The van der Waals surface area contributed by atoms with Crippen LogP contribution in [0.25, 0.3) is 0 Å². The molecule has 0 atom stereocenters. The summed E-state index contributed by atoms with van der Waals surface area (Å²) in [7, 11) is 0. The molecule has 0 spiro atoms. The summed E-state index contributed by atoms with van der Waals surface area (Å²) < 4.78 is 0. The van der Waals surface area contributed by atoms with Crippen LogP contribution >= 0.6 is 0 Å². The van der Waals surface area contributed by atoms with Gasteiger partial charge in [-0.05, 0) is 23.3 Å². The number of aromatic hydroxyl groups is 1. The van der Waals surface area contributed by atoms with Crippen LogP contribution in [0.5, 0.6) is 5.75 Å². The second-order valence-corrected chi connectivity index (χ2v) is 3.96. The molecule has 0 aliphatic heterocycles. The van der Waals surface area contributed by atoms with Gasteiger partial charge in [-0.3, -0.25) is 15.1 Å². The van der Waals surface area contributed by atoms with Crippen molar-refractivity contribution >= 4 is 11.9 Å². The summed E-state index contributed by atoms with van der Waals surface area (Å²) in [5.74, 6) is -0.342. The third-order valence-corrected chi connectivity index (χ3v) is 2.55. The predicted octanol–water partition coefficient (Wildman–Crippen LogP) is 2.92. The Balaban J connectivity index is 2.11. The van der Waals surface area contributed by atoms with Gasteiger partial charge in [0.15, 0.2) is 5.75 Å². The molecule has 19 heavy (non-hydrogen) atoms. The van der Waals surface area contributed by atoms with Gasteiger partial charge in [-0.1, -0.05) is 30.3 Å². The molecular formula is C14H12N2O3. The fraction of sp³-hybridized carbons (Fsp3) is 0.0714. The zero-order valence-corrected chi connectivity index (χ0v) is 10.1. The van der Waals surface area contributed by atoms with Gasteiger partial charge in [-0.15, -0.1) is 0 Å². The topological polar surface area (TPSA) is 75.7 Å². The first-order chi connectivity index (χ1) is 9.16. The standard InChI is InChI=1S/C14H12N2O3/c17-14-7-6-12(8-13(14)16(18)19)10-15-9-11-4-2-1-3-5-11/h1-8,10,17H,9H2. The highest BCUT2D eigenvalue weighted by Crippen LogP contribution is 2.25. The van der Waals surface area contributed by atoms with E-state index in [-0.39, 0.29) is 11.4 Å². The number of nitro groups is 1. The van der Waals surface area contributed by atoms with Crippen molar-refractivity contribution in [3.05, 3.63) is 69.8 Å². The van der Waals surface area contributed by atoms with Crippen molar-refractivity contribution in [1.29, 1.82) is 0 Å². The van der Waals surface area contributed by atoms with Crippen LogP contribution in [0.1, 0.15) is 11.1 Å². The Morgan fingerprint density at radius 2 is 1.95 bits per heavy atom. The molecule has 0 aliphatic carbocycles. The average molecular weight is 256 g/mol. The first kappa shape index (κ1) is 12.8. The van der Waals surface area contributed by atoms with Crippen LogP contribution in [0.3, 0.4) is 0 Å². The summed E-state index contributed by atoms with van der Waals surface area (Å²) in [6.07, 6.45) is 1.56. The van der Waals surface area contributed by atoms with Crippen molar-refractivity contribution in [2.75, 3.05) is 0 Å². The molecule has 1 N–H and O–H groups in total.